The molecule has 0 saturated heterocycles. The van der Waals surface area contributed by atoms with Crippen LogP contribution in [0.4, 0.5) is 0 Å². The second-order valence-corrected chi connectivity index (χ2v) is 10.8. The summed E-state index contributed by atoms with van der Waals surface area (Å²) in [5.41, 5.74) is 0.894. The molecule has 0 aliphatic heterocycles. The van der Waals surface area contributed by atoms with E-state index in [1.165, 1.54) is 49.5 Å². The lowest BCUT2D eigenvalue weighted by Crippen LogP contribution is -2.22. The normalized spacial score (nSPS) is 13.9. The van der Waals surface area contributed by atoms with Gasteiger partial charge in [-0.3, -0.25) is 0 Å². The van der Waals surface area contributed by atoms with Crippen molar-refractivity contribution in [2.24, 2.45) is 0 Å². The number of aliphatic hydroxyl groups excluding tert-OH is 1. The number of hydrogen-bond donors (Lipinski definition) is 1. The van der Waals surface area contributed by atoms with Gasteiger partial charge in [-0.05, 0) is 31.2 Å². The van der Waals surface area contributed by atoms with Crippen molar-refractivity contribution in [1.29, 1.82) is 5.26 Å². The van der Waals surface area contributed by atoms with Crippen molar-refractivity contribution >= 4 is 48.9 Å². The molecule has 0 saturated carbocycles. The van der Waals surface area contributed by atoms with E-state index in [9.17, 15) is 18.8 Å². The van der Waals surface area contributed by atoms with Crippen LogP contribution in [0.5, 0.6) is 0 Å². The van der Waals surface area contributed by atoms with E-state index in [0.29, 0.717) is 10.0 Å². The smallest absolute Gasteiger partial charge is 0.244 e. The number of thioether (sulfide) groups is 1. The zero-order chi connectivity index (χ0) is 21.2. The molecule has 0 spiro atoms. The number of hydrogen-bond acceptors (Lipinski definition) is 8. The van der Waals surface area contributed by atoms with Crippen LogP contribution in [-0.4, -0.2) is 47.1 Å². The third-order valence-electron chi connectivity index (χ3n) is 4.05. The number of pyridine rings is 1. The van der Waals surface area contributed by atoms with Crippen molar-refractivity contribution in [1.82, 2.24) is 14.3 Å². The molecule has 3 rings (SSSR count). The molecular weight excluding hydrogens is 428 g/mol. The van der Waals surface area contributed by atoms with Gasteiger partial charge in [-0.1, -0.05) is 23.9 Å². The van der Waals surface area contributed by atoms with E-state index in [0.717, 1.165) is 14.5 Å². The first-order valence-electron chi connectivity index (χ1n) is 8.48. The average molecular weight is 447 g/mol. The van der Waals surface area contributed by atoms with Crippen molar-refractivity contribution in [2.45, 2.75) is 22.1 Å². The van der Waals surface area contributed by atoms with E-state index in [-0.39, 0.29) is 16.2 Å². The molecular formula is C19H18N4O3S3. The summed E-state index contributed by atoms with van der Waals surface area (Å²) in [6.45, 7) is 1.75. The molecule has 0 radical (unpaired) electrons. The average Bonchev–Trinajstić information content (AvgIpc) is 3.12. The quantitative estimate of drug-likeness (QED) is 0.347. The highest BCUT2D eigenvalue weighted by atomic mass is 32.2. The third kappa shape index (κ3) is 4.43. The number of thiazole rings is 1. The highest BCUT2D eigenvalue weighted by Gasteiger charge is 2.21. The van der Waals surface area contributed by atoms with Crippen molar-refractivity contribution in [3.05, 3.63) is 53.4 Å². The van der Waals surface area contributed by atoms with E-state index in [2.05, 4.69) is 9.97 Å². The Morgan fingerprint density at radius 3 is 2.59 bits per heavy atom. The minimum atomic E-state index is -3.55. The van der Waals surface area contributed by atoms with Crippen molar-refractivity contribution in [3.63, 3.8) is 0 Å². The molecule has 0 fully saturated rings. The second kappa shape index (κ2) is 8.51. The summed E-state index contributed by atoms with van der Waals surface area (Å²) < 4.78 is 26.3. The Kier molecular flexibility index (Phi) is 6.24. The summed E-state index contributed by atoms with van der Waals surface area (Å²) in [4.78, 5) is 8.69. The van der Waals surface area contributed by atoms with Gasteiger partial charge in [-0.2, -0.15) is 5.26 Å². The standard InChI is InChI=1S/C19H18N4O3S3/c1-12(27-17-9-8-13(11-21-17)29(25,26)23(2)3)18(24)14(10-20)19-22-15-6-4-5-7-16(15)28-19/h4-9,11-12,24H,1-3H3. The Morgan fingerprint density at radius 1 is 1.28 bits per heavy atom. The number of nitrogens with zero attached hydrogens (tertiary/aromatic N) is 4. The monoisotopic (exact) mass is 446 g/mol. The molecule has 1 unspecified atom stereocenters. The largest absolute Gasteiger partial charge is 0.510 e. The number of allylic oxidation sites excluding steroid dienone is 1. The lowest BCUT2D eigenvalue weighted by atomic mass is 10.2. The van der Waals surface area contributed by atoms with E-state index in [4.69, 9.17) is 0 Å². The van der Waals surface area contributed by atoms with Crippen molar-refractivity contribution in [3.8, 4) is 6.07 Å². The van der Waals surface area contributed by atoms with Crippen LogP contribution in [0, 0.1) is 11.3 Å². The zero-order valence-corrected chi connectivity index (χ0v) is 18.3. The zero-order valence-electron chi connectivity index (χ0n) is 15.9. The fourth-order valence-corrected chi connectivity index (χ4v) is 5.10. The molecule has 2 aromatic heterocycles. The lowest BCUT2D eigenvalue weighted by Gasteiger charge is -2.13. The first kappa shape index (κ1) is 21.3. The predicted molar refractivity (Wildman–Crippen MR) is 115 cm³/mol. The molecule has 1 N–H and O–H groups in total. The van der Waals surface area contributed by atoms with Gasteiger partial charge in [0.25, 0.3) is 0 Å². The van der Waals surface area contributed by atoms with Crippen LogP contribution in [0.1, 0.15) is 11.9 Å². The molecule has 3 aromatic rings. The molecule has 0 amide bonds. The first-order valence-corrected chi connectivity index (χ1v) is 11.6. The van der Waals surface area contributed by atoms with Gasteiger partial charge in [0.2, 0.25) is 10.0 Å². The van der Waals surface area contributed by atoms with Crippen molar-refractivity contribution < 1.29 is 13.5 Å². The molecule has 1 atom stereocenters. The predicted octanol–water partition coefficient (Wildman–Crippen LogP) is 3.92. The molecule has 1 aromatic carbocycles. The molecule has 7 nitrogen and oxygen atoms in total. The molecule has 0 bridgehead atoms. The van der Waals surface area contributed by atoms with Gasteiger partial charge in [0.15, 0.2) is 0 Å². The number of para-hydroxylation sites is 1. The molecule has 150 valence electrons. The molecule has 0 aliphatic carbocycles. The lowest BCUT2D eigenvalue weighted by molar-refractivity contribution is 0.402. The van der Waals surface area contributed by atoms with Gasteiger partial charge in [-0.25, -0.2) is 22.7 Å². The Hall–Kier alpha value is -2.45. The van der Waals surface area contributed by atoms with Gasteiger partial charge >= 0.3 is 0 Å². The van der Waals surface area contributed by atoms with Crippen LogP contribution in [0.25, 0.3) is 15.8 Å². The van der Waals surface area contributed by atoms with Gasteiger partial charge in [-0.15, -0.1) is 11.3 Å². The third-order valence-corrected chi connectivity index (χ3v) is 7.96. The van der Waals surface area contributed by atoms with Gasteiger partial charge in [0, 0.05) is 20.3 Å². The topological polar surface area (TPSA) is 107 Å². The maximum absolute atomic E-state index is 12.1. The van der Waals surface area contributed by atoms with Crippen LogP contribution >= 0.6 is 23.1 Å². The van der Waals surface area contributed by atoms with E-state index >= 15 is 0 Å². The molecule has 2 heterocycles. The van der Waals surface area contributed by atoms with Gasteiger partial charge in [0.05, 0.1) is 20.5 Å². The summed E-state index contributed by atoms with van der Waals surface area (Å²) in [6, 6.07) is 12.6. The number of rotatable bonds is 6. The number of fused-ring (bicyclic) bond motifs is 1. The second-order valence-electron chi connectivity index (χ2n) is 6.24. The van der Waals surface area contributed by atoms with E-state index in [1.54, 1.807) is 13.0 Å². The van der Waals surface area contributed by atoms with Gasteiger partial charge in [0.1, 0.15) is 27.3 Å². The van der Waals surface area contributed by atoms with Crippen LogP contribution < -0.4 is 0 Å². The van der Waals surface area contributed by atoms with Crippen LogP contribution in [-0.2, 0) is 10.0 Å². The Labute approximate surface area is 177 Å². The summed E-state index contributed by atoms with van der Waals surface area (Å²) in [6.07, 6.45) is 1.28. The molecule has 10 heteroatoms. The summed E-state index contributed by atoms with van der Waals surface area (Å²) in [7, 11) is -0.646. The van der Waals surface area contributed by atoms with Crippen LogP contribution in [0.3, 0.4) is 0 Å². The van der Waals surface area contributed by atoms with Crippen LogP contribution in [0.2, 0.25) is 0 Å². The molecule has 29 heavy (non-hydrogen) atoms. The maximum Gasteiger partial charge on any atom is 0.244 e. The SMILES string of the molecule is CC(Sc1ccc(S(=O)(=O)N(C)C)cn1)C(O)=C(C#N)c1nc2ccccc2s1. The minimum Gasteiger partial charge on any atom is -0.510 e. The summed E-state index contributed by atoms with van der Waals surface area (Å²) >= 11 is 2.56. The van der Waals surface area contributed by atoms with Crippen molar-refractivity contribution in [2.75, 3.05) is 14.1 Å². The number of benzene rings is 1. The Morgan fingerprint density at radius 2 is 2.00 bits per heavy atom. The fourth-order valence-electron chi connectivity index (χ4n) is 2.43. The molecule has 0 aliphatic rings. The first-order chi connectivity index (χ1) is 13.7. The Balaban J connectivity index is 1.85. The highest BCUT2D eigenvalue weighted by molar-refractivity contribution is 8.00. The van der Waals surface area contributed by atoms with E-state index in [1.807, 2.05) is 30.3 Å². The minimum absolute atomic E-state index is 0.0893. The fraction of sp³-hybridized carbons (Fsp3) is 0.211. The number of sulfonamides is 1. The number of nitriles is 1. The van der Waals surface area contributed by atoms with Crippen LogP contribution in [0.15, 0.2) is 58.3 Å². The maximum atomic E-state index is 12.1. The summed E-state index contributed by atoms with van der Waals surface area (Å²) in [5.74, 6) is -0.0941. The van der Waals surface area contributed by atoms with Gasteiger partial charge < -0.3 is 5.11 Å². The highest BCUT2D eigenvalue weighted by Crippen LogP contribution is 2.33. The number of aromatic nitrogens is 2. The number of aliphatic hydroxyl groups is 1. The Bertz CT molecular complexity index is 1180. The summed E-state index contributed by atoms with van der Waals surface area (Å²) in [5, 5.41) is 20.7. The van der Waals surface area contributed by atoms with E-state index < -0.39 is 15.3 Å².